The molecule has 24 heavy (non-hydrogen) atoms. The summed E-state index contributed by atoms with van der Waals surface area (Å²) in [6, 6.07) is 12.0. The first-order chi connectivity index (χ1) is 11.4. The van der Waals surface area contributed by atoms with E-state index in [1.54, 1.807) is 0 Å². The number of benzene rings is 2. The quantitative estimate of drug-likeness (QED) is 0.439. The summed E-state index contributed by atoms with van der Waals surface area (Å²) in [5.41, 5.74) is 1.50. The topological polar surface area (TPSA) is 72.2 Å². The molecule has 126 valence electrons. The maximum Gasteiger partial charge on any atom is 0.271 e. The number of thioether (sulfide) groups is 1. The van der Waals surface area contributed by atoms with Crippen molar-refractivity contribution in [2.24, 2.45) is 0 Å². The Labute approximate surface area is 149 Å². The zero-order chi connectivity index (χ0) is 17.7. The molecule has 0 bridgehead atoms. The number of hydrogen-bond acceptors (Lipinski definition) is 4. The number of carbonyl (C=O) groups is 1. The highest BCUT2D eigenvalue weighted by molar-refractivity contribution is 8.00. The number of nitro benzene ring substituents is 1. The third-order valence-corrected chi connectivity index (χ3v) is 4.68. The Kier molecular flexibility index (Phi) is 6.23. The van der Waals surface area contributed by atoms with Gasteiger partial charge < -0.3 is 5.32 Å². The first-order valence-electron chi connectivity index (χ1n) is 7.33. The number of amides is 1. The summed E-state index contributed by atoms with van der Waals surface area (Å²) < 4.78 is 0. The highest BCUT2D eigenvalue weighted by atomic mass is 35.5. The Morgan fingerprint density at radius 2 is 1.92 bits per heavy atom. The molecule has 0 aliphatic carbocycles. The molecule has 2 aromatic carbocycles. The van der Waals surface area contributed by atoms with Crippen molar-refractivity contribution >= 4 is 40.6 Å². The number of carbonyl (C=O) groups excluding carboxylic acids is 1. The van der Waals surface area contributed by atoms with Gasteiger partial charge >= 0.3 is 0 Å². The van der Waals surface area contributed by atoms with Crippen molar-refractivity contribution in [2.75, 3.05) is 11.1 Å². The Morgan fingerprint density at radius 1 is 1.25 bits per heavy atom. The molecule has 0 saturated carbocycles. The predicted octanol–water partition coefficient (Wildman–Crippen LogP) is 5.10. The van der Waals surface area contributed by atoms with Crippen molar-refractivity contribution in [1.29, 1.82) is 0 Å². The van der Waals surface area contributed by atoms with E-state index in [1.165, 1.54) is 35.5 Å². The Morgan fingerprint density at radius 3 is 2.46 bits per heavy atom. The van der Waals surface area contributed by atoms with Crippen LogP contribution in [0.5, 0.6) is 0 Å². The Hall–Kier alpha value is -2.05. The van der Waals surface area contributed by atoms with Gasteiger partial charge in [0.25, 0.3) is 5.69 Å². The zero-order valence-electron chi connectivity index (χ0n) is 13.3. The van der Waals surface area contributed by atoms with Gasteiger partial charge in [-0.2, -0.15) is 0 Å². The number of nitrogens with one attached hydrogen (secondary N) is 1. The van der Waals surface area contributed by atoms with Crippen LogP contribution >= 0.6 is 23.4 Å². The van der Waals surface area contributed by atoms with Crippen LogP contribution in [0.3, 0.4) is 0 Å². The number of hydrogen-bond donors (Lipinski definition) is 1. The summed E-state index contributed by atoms with van der Waals surface area (Å²) in [6.07, 6.45) is 0. The average molecular weight is 365 g/mol. The van der Waals surface area contributed by atoms with E-state index < -0.39 is 4.92 Å². The van der Waals surface area contributed by atoms with Crippen LogP contribution in [0.1, 0.15) is 25.3 Å². The molecule has 0 radical (unpaired) electrons. The molecule has 5 nitrogen and oxygen atoms in total. The number of anilines is 1. The number of halogens is 1. The lowest BCUT2D eigenvalue weighted by Crippen LogP contribution is -2.14. The van der Waals surface area contributed by atoms with Crippen molar-refractivity contribution < 1.29 is 9.72 Å². The zero-order valence-corrected chi connectivity index (χ0v) is 14.9. The highest BCUT2D eigenvalue weighted by Crippen LogP contribution is 2.27. The van der Waals surface area contributed by atoms with Gasteiger partial charge in [-0.1, -0.05) is 37.6 Å². The second-order valence-electron chi connectivity index (χ2n) is 5.48. The molecule has 0 aromatic heterocycles. The third-order valence-electron chi connectivity index (χ3n) is 3.35. The van der Waals surface area contributed by atoms with Crippen LogP contribution in [0.4, 0.5) is 11.4 Å². The van der Waals surface area contributed by atoms with Crippen molar-refractivity contribution in [2.45, 2.75) is 24.7 Å². The van der Waals surface area contributed by atoms with Crippen LogP contribution < -0.4 is 5.32 Å². The minimum absolute atomic E-state index is 0.113. The normalized spacial score (nSPS) is 10.7. The monoisotopic (exact) mass is 364 g/mol. The summed E-state index contributed by atoms with van der Waals surface area (Å²) in [5.74, 6) is 0.481. The second-order valence-corrected chi connectivity index (χ2v) is 6.94. The molecule has 0 heterocycles. The highest BCUT2D eigenvalue weighted by Gasteiger charge is 2.12. The smallest absolute Gasteiger partial charge is 0.271 e. The van der Waals surface area contributed by atoms with Crippen molar-refractivity contribution in [3.63, 3.8) is 0 Å². The molecule has 0 spiro atoms. The summed E-state index contributed by atoms with van der Waals surface area (Å²) in [4.78, 5) is 23.1. The minimum Gasteiger partial charge on any atom is -0.324 e. The molecule has 2 rings (SSSR count). The number of rotatable bonds is 6. The first-order valence-corrected chi connectivity index (χ1v) is 8.69. The number of nitrogens with zero attached hydrogens (tertiary/aromatic N) is 1. The molecule has 0 saturated heterocycles. The lowest BCUT2D eigenvalue weighted by Gasteiger charge is -2.08. The lowest BCUT2D eigenvalue weighted by atomic mass is 10.0. The minimum atomic E-state index is -0.534. The van der Waals surface area contributed by atoms with Gasteiger partial charge in [0.1, 0.15) is 0 Å². The fourth-order valence-corrected chi connectivity index (χ4v) is 2.92. The fourth-order valence-electron chi connectivity index (χ4n) is 2.00. The van der Waals surface area contributed by atoms with Crippen LogP contribution in [0.2, 0.25) is 5.02 Å². The SMILES string of the molecule is CC(C)c1ccc(SCC(=O)Nc2ccc([N+](=O)[O-])cc2Cl)cc1. The van der Waals surface area contributed by atoms with Crippen LogP contribution in [-0.4, -0.2) is 16.6 Å². The second kappa shape index (κ2) is 8.17. The largest absolute Gasteiger partial charge is 0.324 e. The van der Waals surface area contributed by atoms with E-state index in [4.69, 9.17) is 11.6 Å². The van der Waals surface area contributed by atoms with Crippen LogP contribution in [0.25, 0.3) is 0 Å². The van der Waals surface area contributed by atoms with E-state index in [2.05, 4.69) is 31.3 Å². The molecule has 0 aliphatic heterocycles. The van der Waals surface area contributed by atoms with Crippen LogP contribution in [-0.2, 0) is 4.79 Å². The van der Waals surface area contributed by atoms with Gasteiger partial charge in [0, 0.05) is 17.0 Å². The maximum absolute atomic E-state index is 12.0. The number of nitro groups is 1. The molecule has 0 atom stereocenters. The maximum atomic E-state index is 12.0. The molecule has 1 amide bonds. The molecule has 2 aromatic rings. The molecule has 0 fully saturated rings. The van der Waals surface area contributed by atoms with E-state index >= 15 is 0 Å². The van der Waals surface area contributed by atoms with Crippen LogP contribution in [0, 0.1) is 10.1 Å². The first kappa shape index (κ1) is 18.3. The average Bonchev–Trinajstić information content (AvgIpc) is 2.55. The Bertz CT molecular complexity index is 748. The molecule has 0 aliphatic rings. The summed E-state index contributed by atoms with van der Waals surface area (Å²) in [5, 5.41) is 13.5. The van der Waals surface area contributed by atoms with Gasteiger partial charge in [-0.25, -0.2) is 0 Å². The van der Waals surface area contributed by atoms with E-state index in [9.17, 15) is 14.9 Å². The molecular weight excluding hydrogens is 348 g/mol. The van der Waals surface area contributed by atoms with Gasteiger partial charge in [-0.3, -0.25) is 14.9 Å². The van der Waals surface area contributed by atoms with Gasteiger partial charge in [0.15, 0.2) is 0 Å². The molecule has 7 heteroatoms. The van der Waals surface area contributed by atoms with E-state index in [0.717, 1.165) is 4.90 Å². The predicted molar refractivity (Wildman–Crippen MR) is 98.0 cm³/mol. The lowest BCUT2D eigenvalue weighted by molar-refractivity contribution is -0.384. The van der Waals surface area contributed by atoms with Crippen molar-refractivity contribution in [3.8, 4) is 0 Å². The van der Waals surface area contributed by atoms with E-state index in [1.807, 2.05) is 12.1 Å². The Balaban J connectivity index is 1.92. The summed E-state index contributed by atoms with van der Waals surface area (Å²) in [6.45, 7) is 4.26. The summed E-state index contributed by atoms with van der Waals surface area (Å²) >= 11 is 7.37. The van der Waals surface area contributed by atoms with Crippen molar-refractivity contribution in [3.05, 3.63) is 63.2 Å². The number of non-ortho nitro benzene ring substituents is 1. The van der Waals surface area contributed by atoms with Gasteiger partial charge in [0.05, 0.1) is 21.4 Å². The van der Waals surface area contributed by atoms with E-state index in [-0.39, 0.29) is 22.4 Å². The van der Waals surface area contributed by atoms with Crippen molar-refractivity contribution in [1.82, 2.24) is 0 Å². The summed E-state index contributed by atoms with van der Waals surface area (Å²) in [7, 11) is 0. The third kappa shape index (κ3) is 4.97. The van der Waals surface area contributed by atoms with Gasteiger partial charge in [-0.15, -0.1) is 11.8 Å². The standard InChI is InChI=1S/C17H17ClN2O3S/c1-11(2)12-3-6-14(7-4-12)24-10-17(21)19-16-8-5-13(20(22)23)9-15(16)18/h3-9,11H,10H2,1-2H3,(H,19,21). The van der Waals surface area contributed by atoms with E-state index in [0.29, 0.717) is 11.6 Å². The molecule has 1 N–H and O–H groups in total. The van der Waals surface area contributed by atoms with Crippen LogP contribution in [0.15, 0.2) is 47.4 Å². The molecule has 0 unspecified atom stereocenters. The van der Waals surface area contributed by atoms with Gasteiger partial charge in [0.2, 0.25) is 5.91 Å². The fraction of sp³-hybridized carbons (Fsp3) is 0.235. The van der Waals surface area contributed by atoms with Gasteiger partial charge in [-0.05, 0) is 29.7 Å². The molecular formula is C17H17ClN2O3S.